The number of carboxylic acids is 2. The molecule has 0 aromatic rings. The molecule has 0 amide bonds. The predicted molar refractivity (Wildman–Crippen MR) is 37.8 cm³/mol. The molecule has 5 heteroatoms. The summed E-state index contributed by atoms with van der Waals surface area (Å²) >= 11 is 0. The van der Waals surface area contributed by atoms with Gasteiger partial charge in [-0.15, -0.1) is 0 Å². The zero-order valence-corrected chi connectivity index (χ0v) is 5.86. The fourth-order valence-electron chi connectivity index (χ4n) is 0.553. The first-order valence-corrected chi connectivity index (χ1v) is 2.98. The lowest BCUT2D eigenvalue weighted by atomic mass is 10.2. The highest BCUT2D eigenvalue weighted by Crippen LogP contribution is 2.00. The summed E-state index contributed by atoms with van der Waals surface area (Å²) in [4.78, 5) is 23.5. The van der Waals surface area contributed by atoms with Crippen molar-refractivity contribution in [2.24, 2.45) is 4.99 Å². The summed E-state index contributed by atoms with van der Waals surface area (Å²) in [5.74, 6) is -2.17. The Labute approximate surface area is 63.4 Å². The Morgan fingerprint density at radius 2 is 2.00 bits per heavy atom. The molecule has 0 spiro atoms. The SMILES string of the molecule is C=NC(CCC(=O)O)C(=O)O. The molecule has 0 saturated carbocycles. The highest BCUT2D eigenvalue weighted by atomic mass is 16.4. The average molecular weight is 159 g/mol. The molecule has 0 heterocycles. The molecular formula is C6H9NO4. The van der Waals surface area contributed by atoms with E-state index in [0.717, 1.165) is 0 Å². The van der Waals surface area contributed by atoms with Crippen molar-refractivity contribution in [3.05, 3.63) is 0 Å². The Morgan fingerprint density at radius 3 is 2.27 bits per heavy atom. The number of aliphatic imine (C=N–C) groups is 1. The van der Waals surface area contributed by atoms with E-state index in [0.29, 0.717) is 0 Å². The molecule has 0 aliphatic rings. The van der Waals surface area contributed by atoms with E-state index in [9.17, 15) is 9.59 Å². The van der Waals surface area contributed by atoms with Crippen LogP contribution in [0.25, 0.3) is 0 Å². The Bertz CT molecular complexity index is 177. The van der Waals surface area contributed by atoms with Crippen molar-refractivity contribution in [1.82, 2.24) is 0 Å². The Morgan fingerprint density at radius 1 is 1.45 bits per heavy atom. The van der Waals surface area contributed by atoms with Crippen LogP contribution >= 0.6 is 0 Å². The second kappa shape index (κ2) is 4.43. The molecule has 5 nitrogen and oxygen atoms in total. The van der Waals surface area contributed by atoms with Gasteiger partial charge < -0.3 is 10.2 Å². The highest BCUT2D eigenvalue weighted by Gasteiger charge is 2.15. The molecule has 1 unspecified atom stereocenters. The quantitative estimate of drug-likeness (QED) is 0.553. The van der Waals surface area contributed by atoms with Crippen LogP contribution in [-0.4, -0.2) is 34.9 Å². The molecule has 62 valence electrons. The van der Waals surface area contributed by atoms with Gasteiger partial charge in [0.1, 0.15) is 6.04 Å². The van der Waals surface area contributed by atoms with Crippen LogP contribution < -0.4 is 0 Å². The van der Waals surface area contributed by atoms with Crippen LogP contribution in [0, 0.1) is 0 Å². The van der Waals surface area contributed by atoms with Gasteiger partial charge >= 0.3 is 11.9 Å². The third kappa shape index (κ3) is 4.07. The molecule has 0 saturated heterocycles. The Balaban J connectivity index is 3.79. The standard InChI is InChI=1S/C6H9NO4/c1-7-4(6(10)11)2-3-5(8)9/h4H,1-3H2,(H,8,9)(H,10,11). The van der Waals surface area contributed by atoms with Gasteiger partial charge in [-0.05, 0) is 13.1 Å². The average Bonchev–Trinajstić information content (AvgIpc) is 1.87. The second-order valence-electron chi connectivity index (χ2n) is 1.97. The summed E-state index contributed by atoms with van der Waals surface area (Å²) in [7, 11) is 0. The number of nitrogens with zero attached hydrogens (tertiary/aromatic N) is 1. The van der Waals surface area contributed by atoms with E-state index in [1.165, 1.54) is 0 Å². The molecule has 1 atom stereocenters. The van der Waals surface area contributed by atoms with Crippen LogP contribution in [0.2, 0.25) is 0 Å². The molecule has 0 bridgehead atoms. The van der Waals surface area contributed by atoms with Crippen molar-refractivity contribution in [3.63, 3.8) is 0 Å². The molecule has 0 fully saturated rings. The van der Waals surface area contributed by atoms with Crippen molar-refractivity contribution in [3.8, 4) is 0 Å². The zero-order chi connectivity index (χ0) is 8.85. The number of carbonyl (C=O) groups is 2. The van der Waals surface area contributed by atoms with Crippen molar-refractivity contribution in [1.29, 1.82) is 0 Å². The maximum absolute atomic E-state index is 10.2. The lowest BCUT2D eigenvalue weighted by molar-refractivity contribution is -0.139. The lowest BCUT2D eigenvalue weighted by Gasteiger charge is -2.02. The molecule has 2 N–H and O–H groups in total. The molecule has 0 radical (unpaired) electrons. The van der Waals surface area contributed by atoms with Gasteiger partial charge in [-0.1, -0.05) is 0 Å². The van der Waals surface area contributed by atoms with E-state index >= 15 is 0 Å². The van der Waals surface area contributed by atoms with Gasteiger partial charge in [-0.2, -0.15) is 0 Å². The number of carboxylic acid groups (broad SMARTS) is 2. The number of aliphatic carboxylic acids is 2. The minimum atomic E-state index is -1.14. The van der Waals surface area contributed by atoms with Gasteiger partial charge in [0.05, 0.1) is 0 Å². The first-order chi connectivity index (χ1) is 5.07. The van der Waals surface area contributed by atoms with Gasteiger partial charge in [0.2, 0.25) is 0 Å². The number of hydrogen-bond acceptors (Lipinski definition) is 3. The summed E-state index contributed by atoms with van der Waals surface area (Å²) in [5.41, 5.74) is 0. The van der Waals surface area contributed by atoms with Gasteiger partial charge in [-0.3, -0.25) is 9.79 Å². The molecule has 0 rings (SSSR count). The van der Waals surface area contributed by atoms with E-state index in [-0.39, 0.29) is 12.8 Å². The minimum absolute atomic E-state index is 0.00579. The summed E-state index contributed by atoms with van der Waals surface area (Å²) in [5, 5.41) is 16.5. The van der Waals surface area contributed by atoms with Crippen molar-refractivity contribution in [2.75, 3.05) is 0 Å². The van der Waals surface area contributed by atoms with E-state index in [4.69, 9.17) is 10.2 Å². The Hall–Kier alpha value is -1.39. The molecular weight excluding hydrogens is 150 g/mol. The smallest absolute Gasteiger partial charge is 0.328 e. The first kappa shape index (κ1) is 9.61. The fraction of sp³-hybridized carbons (Fsp3) is 0.500. The maximum Gasteiger partial charge on any atom is 0.328 e. The predicted octanol–water partition coefficient (Wildman–Crippen LogP) is 0.00500. The third-order valence-corrected chi connectivity index (χ3v) is 1.14. The van der Waals surface area contributed by atoms with Gasteiger partial charge in [0.25, 0.3) is 0 Å². The van der Waals surface area contributed by atoms with Crippen LogP contribution in [0.5, 0.6) is 0 Å². The van der Waals surface area contributed by atoms with Gasteiger partial charge in [-0.25, -0.2) is 4.79 Å². The molecule has 0 aliphatic heterocycles. The van der Waals surface area contributed by atoms with Crippen LogP contribution in [0.15, 0.2) is 4.99 Å². The van der Waals surface area contributed by atoms with Crippen molar-refractivity contribution >= 4 is 18.7 Å². The monoisotopic (exact) mass is 159 g/mol. The van der Waals surface area contributed by atoms with E-state index in [2.05, 4.69) is 11.7 Å². The summed E-state index contributed by atoms with van der Waals surface area (Å²) < 4.78 is 0. The van der Waals surface area contributed by atoms with E-state index in [1.807, 2.05) is 0 Å². The summed E-state index contributed by atoms with van der Waals surface area (Å²) in [6, 6.07) is -0.994. The third-order valence-electron chi connectivity index (χ3n) is 1.14. The van der Waals surface area contributed by atoms with Gasteiger partial charge in [0.15, 0.2) is 0 Å². The normalized spacial score (nSPS) is 12.0. The summed E-state index contributed by atoms with van der Waals surface area (Å²) in [6.45, 7) is 3.04. The fourth-order valence-corrected chi connectivity index (χ4v) is 0.553. The zero-order valence-electron chi connectivity index (χ0n) is 5.86. The second-order valence-corrected chi connectivity index (χ2v) is 1.97. The number of rotatable bonds is 5. The number of hydrogen-bond donors (Lipinski definition) is 2. The van der Waals surface area contributed by atoms with Crippen molar-refractivity contribution in [2.45, 2.75) is 18.9 Å². The van der Waals surface area contributed by atoms with Crippen LogP contribution in [0.1, 0.15) is 12.8 Å². The van der Waals surface area contributed by atoms with Gasteiger partial charge in [0, 0.05) is 6.42 Å². The van der Waals surface area contributed by atoms with Crippen LogP contribution in [-0.2, 0) is 9.59 Å². The minimum Gasteiger partial charge on any atom is -0.481 e. The molecule has 11 heavy (non-hydrogen) atoms. The van der Waals surface area contributed by atoms with Crippen LogP contribution in [0.4, 0.5) is 0 Å². The van der Waals surface area contributed by atoms with E-state index < -0.39 is 18.0 Å². The highest BCUT2D eigenvalue weighted by molar-refractivity contribution is 5.75. The first-order valence-electron chi connectivity index (χ1n) is 2.98. The molecule has 0 aromatic carbocycles. The van der Waals surface area contributed by atoms with Crippen LogP contribution in [0.3, 0.4) is 0 Å². The van der Waals surface area contributed by atoms with E-state index in [1.54, 1.807) is 0 Å². The maximum atomic E-state index is 10.2. The largest absolute Gasteiger partial charge is 0.481 e. The molecule has 0 aromatic heterocycles. The topological polar surface area (TPSA) is 87.0 Å². The lowest BCUT2D eigenvalue weighted by Crippen LogP contribution is -2.18. The summed E-state index contributed by atoms with van der Waals surface area (Å²) in [6.07, 6.45) is -0.204. The van der Waals surface area contributed by atoms with Crippen molar-refractivity contribution < 1.29 is 19.8 Å². The Kier molecular flexibility index (Phi) is 3.87. The molecule has 0 aliphatic carbocycles.